The van der Waals surface area contributed by atoms with E-state index in [1.54, 1.807) is 19.2 Å². The molecule has 0 saturated carbocycles. The van der Waals surface area contributed by atoms with Crippen LogP contribution in [0.2, 0.25) is 0 Å². The molecule has 0 radical (unpaired) electrons. The largest absolute Gasteiger partial charge is 1.00 e. The molecule has 4 rings (SSSR count). The highest BCUT2D eigenvalue weighted by Gasteiger charge is 2.22. The van der Waals surface area contributed by atoms with Gasteiger partial charge in [-0.3, -0.25) is 4.79 Å². The van der Waals surface area contributed by atoms with E-state index in [1.165, 1.54) is 33.7 Å². The van der Waals surface area contributed by atoms with Crippen LogP contribution in [0.4, 0.5) is 4.39 Å². The van der Waals surface area contributed by atoms with Gasteiger partial charge in [-0.1, -0.05) is 6.07 Å². The summed E-state index contributed by atoms with van der Waals surface area (Å²) < 4.78 is 18.6. The van der Waals surface area contributed by atoms with E-state index in [0.29, 0.717) is 12.0 Å². The normalized spacial score (nSPS) is 16.0. The Balaban J connectivity index is 0.00000240. The topological polar surface area (TPSA) is 46.5 Å². The van der Waals surface area contributed by atoms with E-state index in [9.17, 15) is 9.18 Å². The van der Waals surface area contributed by atoms with Gasteiger partial charge in [0.25, 0.3) is 0 Å². The first-order valence-corrected chi connectivity index (χ1v) is 9.94. The smallest absolute Gasteiger partial charge is 0.163 e. The Morgan fingerprint density at radius 1 is 1.14 bits per heavy atom. The zero-order valence-corrected chi connectivity index (χ0v) is 17.3. The first-order valence-electron chi connectivity index (χ1n) is 9.94. The highest BCUT2D eigenvalue weighted by molar-refractivity contribution is 5.96. The summed E-state index contributed by atoms with van der Waals surface area (Å²) in [6.07, 6.45) is 3.38. The van der Waals surface area contributed by atoms with Crippen LogP contribution < -0.4 is 22.0 Å². The average Bonchev–Trinajstić information content (AvgIpc) is 2.96. The molecule has 0 spiro atoms. The first-order chi connectivity index (χ1) is 13.7. The number of ketones is 1. The molecule has 29 heavy (non-hydrogen) atoms. The fraction of sp³-hybridized carbons (Fsp3) is 0.348. The second-order valence-corrected chi connectivity index (χ2v) is 7.50. The molecule has 3 aromatic rings. The van der Waals surface area contributed by atoms with Crippen LogP contribution in [0.15, 0.2) is 42.5 Å². The summed E-state index contributed by atoms with van der Waals surface area (Å²) in [6, 6.07) is 12.0. The summed E-state index contributed by atoms with van der Waals surface area (Å²) in [5, 5.41) is 1.22. The number of methoxy groups -OCH3 is 1. The number of aromatic nitrogens is 1. The molecule has 2 heterocycles. The molecule has 0 saturated heterocycles. The number of aromatic amines is 1. The molecule has 1 aliphatic heterocycles. The van der Waals surface area contributed by atoms with Gasteiger partial charge < -0.3 is 27.0 Å². The highest BCUT2D eigenvalue weighted by Crippen LogP contribution is 2.31. The summed E-state index contributed by atoms with van der Waals surface area (Å²) in [5.41, 5.74) is 4.44. The monoisotopic (exact) mass is 416 g/mol. The van der Waals surface area contributed by atoms with Crippen LogP contribution in [-0.2, 0) is 12.8 Å². The number of nitrogens with one attached hydrogen (secondary N) is 2. The number of carbonyl (C=O) groups excluding carboxylic acids is 1. The lowest BCUT2D eigenvalue weighted by Crippen LogP contribution is -3.12. The third-order valence-electron chi connectivity index (χ3n) is 5.76. The minimum Gasteiger partial charge on any atom is -1.00 e. The van der Waals surface area contributed by atoms with E-state index < -0.39 is 0 Å². The van der Waals surface area contributed by atoms with E-state index in [1.807, 2.05) is 12.1 Å². The van der Waals surface area contributed by atoms with E-state index in [2.05, 4.69) is 11.1 Å². The number of hydrogen-bond acceptors (Lipinski definition) is 2. The van der Waals surface area contributed by atoms with Crippen molar-refractivity contribution in [3.05, 3.63) is 65.1 Å². The lowest BCUT2D eigenvalue weighted by molar-refractivity contribution is -0.899. The van der Waals surface area contributed by atoms with Gasteiger partial charge in [0.05, 0.1) is 26.7 Å². The van der Waals surface area contributed by atoms with Gasteiger partial charge in [-0.05, 0) is 42.0 Å². The van der Waals surface area contributed by atoms with Gasteiger partial charge in [-0.25, -0.2) is 4.39 Å². The van der Waals surface area contributed by atoms with Gasteiger partial charge in [-0.15, -0.1) is 0 Å². The Morgan fingerprint density at radius 3 is 2.66 bits per heavy atom. The number of halogens is 2. The summed E-state index contributed by atoms with van der Waals surface area (Å²) in [4.78, 5) is 17.4. The number of rotatable bonds is 6. The number of hydrogen-bond donors (Lipinski definition) is 2. The Hall–Kier alpha value is -2.37. The van der Waals surface area contributed by atoms with Crippen LogP contribution in [0.25, 0.3) is 10.9 Å². The molecule has 2 N–H and O–H groups in total. The number of benzene rings is 2. The maximum atomic E-state index is 13.0. The van der Waals surface area contributed by atoms with Crippen molar-refractivity contribution in [2.45, 2.75) is 25.7 Å². The van der Waals surface area contributed by atoms with E-state index >= 15 is 0 Å². The molecular formula is C23H26ClFN2O2. The molecule has 1 aliphatic rings. The molecule has 0 fully saturated rings. The lowest BCUT2D eigenvalue weighted by atomic mass is 10.1. The molecule has 2 aromatic carbocycles. The molecule has 0 aliphatic carbocycles. The molecule has 0 bridgehead atoms. The van der Waals surface area contributed by atoms with Crippen LogP contribution in [-0.4, -0.2) is 37.5 Å². The molecule has 0 amide bonds. The van der Waals surface area contributed by atoms with Crippen molar-refractivity contribution in [3.8, 4) is 5.75 Å². The standard InChI is InChI=1S/C23H25FN2O2.ClH/c1-28-22-6-2-4-20-23(22)18-11-14-26(15-12-19(18)25-20)13-3-5-21(27)16-7-9-17(24)10-8-16;/h2,4,6-10,25H,3,5,11-15H2,1H3;1H. The summed E-state index contributed by atoms with van der Waals surface area (Å²) in [7, 11) is 1.72. The van der Waals surface area contributed by atoms with Gasteiger partial charge in [-0.2, -0.15) is 0 Å². The Morgan fingerprint density at radius 2 is 1.90 bits per heavy atom. The third-order valence-corrected chi connectivity index (χ3v) is 5.76. The molecule has 1 unspecified atom stereocenters. The van der Waals surface area contributed by atoms with Crippen molar-refractivity contribution in [3.63, 3.8) is 0 Å². The van der Waals surface area contributed by atoms with Crippen LogP contribution >= 0.6 is 0 Å². The van der Waals surface area contributed by atoms with Gasteiger partial charge in [0, 0.05) is 47.8 Å². The highest BCUT2D eigenvalue weighted by atomic mass is 35.5. The van der Waals surface area contributed by atoms with Crippen molar-refractivity contribution in [2.75, 3.05) is 26.7 Å². The minimum absolute atomic E-state index is 0. The summed E-state index contributed by atoms with van der Waals surface area (Å²) in [5.74, 6) is 0.719. The lowest BCUT2D eigenvalue weighted by Gasteiger charge is -2.16. The number of ether oxygens (including phenoxy) is 1. The molecule has 1 atom stereocenters. The van der Waals surface area contributed by atoms with E-state index in [4.69, 9.17) is 4.74 Å². The predicted molar refractivity (Wildman–Crippen MR) is 108 cm³/mol. The van der Waals surface area contributed by atoms with Crippen LogP contribution in [0.5, 0.6) is 5.75 Å². The Bertz CT molecular complexity index is 984. The Kier molecular flexibility index (Phi) is 6.93. The number of fused-ring (bicyclic) bond motifs is 3. The van der Waals surface area contributed by atoms with Crippen molar-refractivity contribution in [2.24, 2.45) is 0 Å². The van der Waals surface area contributed by atoms with Crippen molar-refractivity contribution in [1.29, 1.82) is 0 Å². The zero-order valence-electron chi connectivity index (χ0n) is 16.6. The number of Topliss-reactive ketones (excluding diaryl/α,β-unsaturated/α-hetero) is 1. The van der Waals surface area contributed by atoms with E-state index in [-0.39, 0.29) is 24.0 Å². The second-order valence-electron chi connectivity index (χ2n) is 7.50. The average molecular weight is 417 g/mol. The fourth-order valence-electron chi connectivity index (χ4n) is 4.25. The summed E-state index contributed by atoms with van der Waals surface area (Å²) in [6.45, 7) is 3.10. The van der Waals surface area contributed by atoms with E-state index in [0.717, 1.165) is 50.2 Å². The third kappa shape index (κ3) is 4.62. The SMILES string of the molecule is COc1cccc2[nH]c3c(c12)CC[NH+](CCCC(=O)c1ccc(F)cc1)CC3.[Cl-]. The van der Waals surface area contributed by atoms with Crippen LogP contribution in [0.3, 0.4) is 0 Å². The number of carbonyl (C=O) groups is 1. The first kappa shape index (κ1) is 21.3. The second kappa shape index (κ2) is 9.42. The molecule has 154 valence electrons. The maximum absolute atomic E-state index is 13.0. The molecule has 4 nitrogen and oxygen atoms in total. The van der Waals surface area contributed by atoms with Crippen LogP contribution in [0, 0.1) is 5.82 Å². The van der Waals surface area contributed by atoms with Gasteiger partial charge in [0.15, 0.2) is 5.78 Å². The van der Waals surface area contributed by atoms with Crippen molar-refractivity contribution in [1.82, 2.24) is 4.98 Å². The molecular weight excluding hydrogens is 391 g/mol. The van der Waals surface area contributed by atoms with Gasteiger partial charge >= 0.3 is 0 Å². The maximum Gasteiger partial charge on any atom is 0.163 e. The quantitative estimate of drug-likeness (QED) is 0.554. The predicted octanol–water partition coefficient (Wildman–Crippen LogP) is -0.0338. The van der Waals surface area contributed by atoms with Crippen molar-refractivity contribution < 1.29 is 31.2 Å². The fourth-order valence-corrected chi connectivity index (χ4v) is 4.25. The molecule has 1 aromatic heterocycles. The number of quaternary nitrogens is 1. The zero-order chi connectivity index (χ0) is 19.5. The van der Waals surface area contributed by atoms with Gasteiger partial charge in [0.2, 0.25) is 0 Å². The Labute approximate surface area is 176 Å². The van der Waals surface area contributed by atoms with Crippen molar-refractivity contribution >= 4 is 16.7 Å². The van der Waals surface area contributed by atoms with Gasteiger partial charge in [0.1, 0.15) is 11.6 Å². The van der Waals surface area contributed by atoms with Crippen LogP contribution in [0.1, 0.15) is 34.5 Å². The summed E-state index contributed by atoms with van der Waals surface area (Å²) >= 11 is 0. The minimum atomic E-state index is -0.307. The number of H-pyrrole nitrogens is 1. The molecule has 6 heteroatoms.